The number of rotatable bonds is 2. The zero-order valence-electron chi connectivity index (χ0n) is 8.22. The van der Waals surface area contributed by atoms with E-state index in [4.69, 9.17) is 0 Å². The van der Waals surface area contributed by atoms with Gasteiger partial charge < -0.3 is 0 Å². The number of fused-ring (bicyclic) bond motifs is 1. The Morgan fingerprint density at radius 3 is 2.92 bits per heavy atom. The van der Waals surface area contributed by atoms with Gasteiger partial charge in [0.1, 0.15) is 0 Å². The highest BCUT2D eigenvalue weighted by atomic mass is 14.2. The first-order valence-electron chi connectivity index (χ1n) is 5.19. The third-order valence-corrected chi connectivity index (χ3v) is 2.71. The van der Waals surface area contributed by atoms with Gasteiger partial charge in [-0.3, -0.25) is 0 Å². The summed E-state index contributed by atoms with van der Waals surface area (Å²) in [6, 6.07) is 8.79. The highest BCUT2D eigenvalue weighted by Crippen LogP contribution is 2.31. The second-order valence-corrected chi connectivity index (χ2v) is 3.68. The Morgan fingerprint density at radius 2 is 2.08 bits per heavy atom. The summed E-state index contributed by atoms with van der Waals surface area (Å²) < 4.78 is 0. The van der Waals surface area contributed by atoms with Gasteiger partial charge in [0.05, 0.1) is 0 Å². The van der Waals surface area contributed by atoms with E-state index in [1.165, 1.54) is 36.8 Å². The first kappa shape index (κ1) is 8.55. The molecule has 0 N–H and O–H groups in total. The molecule has 0 heteroatoms. The fourth-order valence-electron chi connectivity index (χ4n) is 1.99. The normalized spacial score (nSPS) is 17.8. The lowest BCUT2D eigenvalue weighted by atomic mass is 10.1. The Balaban J connectivity index is 2.28. The lowest BCUT2D eigenvalue weighted by Gasteiger charge is -1.99. The third kappa shape index (κ3) is 1.67. The maximum atomic E-state index is 2.41. The minimum Gasteiger partial charge on any atom is -0.0807 e. The molecule has 0 aromatic heterocycles. The minimum absolute atomic E-state index is 1.23. The van der Waals surface area contributed by atoms with Crippen LogP contribution in [0.1, 0.15) is 37.3 Å². The van der Waals surface area contributed by atoms with Crippen LogP contribution in [-0.4, -0.2) is 0 Å². The molecule has 0 nitrogen and oxygen atoms in total. The Kier molecular flexibility index (Phi) is 2.49. The molecule has 0 heterocycles. The maximum Gasteiger partial charge on any atom is -0.0195 e. The predicted octanol–water partition coefficient (Wildman–Crippen LogP) is 3.82. The SMILES string of the molecule is CCCC=C1CCc2ccccc21. The molecule has 1 aromatic rings. The fraction of sp³-hybridized carbons (Fsp3) is 0.385. The van der Waals surface area contributed by atoms with Gasteiger partial charge in [-0.15, -0.1) is 0 Å². The molecule has 13 heavy (non-hydrogen) atoms. The highest BCUT2D eigenvalue weighted by Gasteiger charge is 2.13. The largest absolute Gasteiger partial charge is 0.0807 e. The van der Waals surface area contributed by atoms with Crippen molar-refractivity contribution >= 4 is 5.57 Å². The van der Waals surface area contributed by atoms with Gasteiger partial charge in [-0.1, -0.05) is 43.7 Å². The van der Waals surface area contributed by atoms with Crippen LogP contribution in [0.4, 0.5) is 0 Å². The van der Waals surface area contributed by atoms with Crippen molar-refractivity contribution in [3.05, 3.63) is 41.5 Å². The molecule has 1 aliphatic rings. The first-order chi connectivity index (χ1) is 6.42. The summed E-state index contributed by atoms with van der Waals surface area (Å²) in [5.41, 5.74) is 4.60. The van der Waals surface area contributed by atoms with Gasteiger partial charge in [0.25, 0.3) is 0 Å². The molecule has 0 saturated carbocycles. The summed E-state index contributed by atoms with van der Waals surface area (Å²) in [5, 5.41) is 0. The van der Waals surface area contributed by atoms with Crippen molar-refractivity contribution in [3.8, 4) is 0 Å². The van der Waals surface area contributed by atoms with Gasteiger partial charge in [-0.2, -0.15) is 0 Å². The lowest BCUT2D eigenvalue weighted by molar-refractivity contribution is 0.954. The van der Waals surface area contributed by atoms with E-state index in [1.54, 1.807) is 5.57 Å². The summed E-state index contributed by atoms with van der Waals surface area (Å²) in [7, 11) is 0. The Bertz CT molecular complexity index is 321. The Morgan fingerprint density at radius 1 is 1.23 bits per heavy atom. The van der Waals surface area contributed by atoms with Gasteiger partial charge in [-0.05, 0) is 36.0 Å². The fourth-order valence-corrected chi connectivity index (χ4v) is 1.99. The van der Waals surface area contributed by atoms with Crippen molar-refractivity contribution in [3.63, 3.8) is 0 Å². The van der Waals surface area contributed by atoms with Crippen molar-refractivity contribution in [2.24, 2.45) is 0 Å². The molecule has 0 atom stereocenters. The number of unbranched alkanes of at least 4 members (excludes halogenated alkanes) is 1. The zero-order chi connectivity index (χ0) is 9.10. The molecule has 0 spiro atoms. The number of benzene rings is 1. The van der Waals surface area contributed by atoms with E-state index in [0.717, 1.165) is 0 Å². The van der Waals surface area contributed by atoms with Crippen LogP contribution in [0.2, 0.25) is 0 Å². The molecule has 0 unspecified atom stereocenters. The van der Waals surface area contributed by atoms with Gasteiger partial charge >= 0.3 is 0 Å². The standard InChI is InChI=1S/C13H16/c1-2-3-6-11-9-10-12-7-4-5-8-13(11)12/h4-8H,2-3,9-10H2,1H3. The van der Waals surface area contributed by atoms with E-state index in [-0.39, 0.29) is 0 Å². The lowest BCUT2D eigenvalue weighted by Crippen LogP contribution is -1.78. The van der Waals surface area contributed by atoms with Crippen molar-refractivity contribution in [2.45, 2.75) is 32.6 Å². The highest BCUT2D eigenvalue weighted by molar-refractivity contribution is 5.72. The van der Waals surface area contributed by atoms with Crippen LogP contribution >= 0.6 is 0 Å². The van der Waals surface area contributed by atoms with Crippen molar-refractivity contribution in [1.29, 1.82) is 0 Å². The van der Waals surface area contributed by atoms with E-state index in [1.807, 2.05) is 0 Å². The topological polar surface area (TPSA) is 0 Å². The van der Waals surface area contributed by atoms with E-state index in [9.17, 15) is 0 Å². The zero-order valence-corrected chi connectivity index (χ0v) is 8.22. The molecule has 1 aliphatic carbocycles. The molecular weight excluding hydrogens is 156 g/mol. The van der Waals surface area contributed by atoms with Crippen LogP contribution in [0.15, 0.2) is 30.3 Å². The summed E-state index contributed by atoms with van der Waals surface area (Å²) in [4.78, 5) is 0. The van der Waals surface area contributed by atoms with Crippen LogP contribution < -0.4 is 0 Å². The monoisotopic (exact) mass is 172 g/mol. The third-order valence-electron chi connectivity index (χ3n) is 2.71. The molecule has 0 radical (unpaired) electrons. The molecule has 0 bridgehead atoms. The summed E-state index contributed by atoms with van der Waals surface area (Å²) in [5.74, 6) is 0. The van der Waals surface area contributed by atoms with Crippen molar-refractivity contribution < 1.29 is 0 Å². The van der Waals surface area contributed by atoms with Crippen LogP contribution in [0.25, 0.3) is 5.57 Å². The van der Waals surface area contributed by atoms with Gasteiger partial charge in [0, 0.05) is 0 Å². The summed E-state index contributed by atoms with van der Waals surface area (Å²) in [6.45, 7) is 2.23. The Hall–Kier alpha value is -1.04. The molecule has 0 saturated heterocycles. The summed E-state index contributed by atoms with van der Waals surface area (Å²) in [6.07, 6.45) is 7.38. The first-order valence-corrected chi connectivity index (χ1v) is 5.19. The van der Waals surface area contributed by atoms with Crippen LogP contribution in [0.5, 0.6) is 0 Å². The predicted molar refractivity (Wildman–Crippen MR) is 57.6 cm³/mol. The van der Waals surface area contributed by atoms with E-state index < -0.39 is 0 Å². The van der Waals surface area contributed by atoms with Gasteiger partial charge in [0.2, 0.25) is 0 Å². The quantitative estimate of drug-likeness (QED) is 0.636. The van der Waals surface area contributed by atoms with Crippen molar-refractivity contribution in [1.82, 2.24) is 0 Å². The minimum atomic E-state index is 1.23. The second-order valence-electron chi connectivity index (χ2n) is 3.68. The smallest absolute Gasteiger partial charge is 0.0195 e. The van der Waals surface area contributed by atoms with Gasteiger partial charge in [-0.25, -0.2) is 0 Å². The number of allylic oxidation sites excluding steroid dienone is 2. The number of hydrogen-bond acceptors (Lipinski definition) is 0. The molecule has 0 amide bonds. The average molecular weight is 172 g/mol. The van der Waals surface area contributed by atoms with E-state index in [2.05, 4.69) is 37.3 Å². The molecule has 1 aromatic carbocycles. The maximum absolute atomic E-state index is 2.41. The van der Waals surface area contributed by atoms with E-state index >= 15 is 0 Å². The van der Waals surface area contributed by atoms with Crippen LogP contribution in [0, 0.1) is 0 Å². The average Bonchev–Trinajstić information content (AvgIpc) is 2.58. The van der Waals surface area contributed by atoms with Crippen LogP contribution in [0.3, 0.4) is 0 Å². The van der Waals surface area contributed by atoms with Crippen molar-refractivity contribution in [2.75, 3.05) is 0 Å². The Labute approximate surface area is 80.3 Å². The second kappa shape index (κ2) is 3.78. The molecular formula is C13H16. The molecule has 68 valence electrons. The number of hydrogen-bond donors (Lipinski definition) is 0. The summed E-state index contributed by atoms with van der Waals surface area (Å²) >= 11 is 0. The molecule has 0 aliphatic heterocycles. The molecule has 0 fully saturated rings. The van der Waals surface area contributed by atoms with E-state index in [0.29, 0.717) is 0 Å². The van der Waals surface area contributed by atoms with Gasteiger partial charge in [0.15, 0.2) is 0 Å². The number of aryl methyl sites for hydroxylation is 1. The van der Waals surface area contributed by atoms with Crippen LogP contribution in [-0.2, 0) is 6.42 Å². The molecule has 2 rings (SSSR count).